The highest BCUT2D eigenvalue weighted by Gasteiger charge is 2.28. The van der Waals surface area contributed by atoms with Gasteiger partial charge in [-0.3, -0.25) is 4.99 Å². The molecule has 0 spiro atoms. The molecule has 2 aromatic heterocycles. The number of nitrogens with zero attached hydrogens (tertiary/aromatic N) is 5. The van der Waals surface area contributed by atoms with E-state index in [-0.39, 0.29) is 17.7 Å². The molecule has 9 heteroatoms. The van der Waals surface area contributed by atoms with E-state index in [9.17, 15) is 0 Å². The van der Waals surface area contributed by atoms with Crippen molar-refractivity contribution in [2.45, 2.75) is 90.7 Å². The molecule has 0 radical (unpaired) electrons. The predicted molar refractivity (Wildman–Crippen MR) is 181 cm³/mol. The van der Waals surface area contributed by atoms with Crippen LogP contribution in [0.15, 0.2) is 46.7 Å². The van der Waals surface area contributed by atoms with E-state index in [1.54, 1.807) is 31.1 Å². The summed E-state index contributed by atoms with van der Waals surface area (Å²) in [5.74, 6) is -0.159. The Hall–Kier alpha value is -3.04. The molecule has 0 unspecified atom stereocenters. The maximum Gasteiger partial charge on any atom is 0.168 e. The number of ether oxygens (including phenoxy) is 1. The van der Waals surface area contributed by atoms with Gasteiger partial charge in [0.15, 0.2) is 5.83 Å². The SMILES string of the molecule is C/C=C(\C=NC)c1cn(C2=C(F)CCC(NC)=C2F)c2ccc(N(C)C3CCN(CCCCCCOC(C)(C)C)CC3)nc12. The summed E-state index contributed by atoms with van der Waals surface area (Å²) in [4.78, 5) is 14.2. The Labute approximate surface area is 262 Å². The second kappa shape index (κ2) is 15.3. The first-order valence-electron chi connectivity index (χ1n) is 16.2. The molecular formula is C35H52F2N6O. The molecule has 0 atom stereocenters. The molecule has 3 heterocycles. The van der Waals surface area contributed by atoms with Gasteiger partial charge in [-0.1, -0.05) is 18.9 Å². The maximum atomic E-state index is 15.5. The van der Waals surface area contributed by atoms with Crippen LogP contribution in [0.4, 0.5) is 14.6 Å². The first kappa shape index (κ1) is 33.8. The van der Waals surface area contributed by atoms with Crippen LogP contribution >= 0.6 is 0 Å². The molecule has 0 aromatic carbocycles. The van der Waals surface area contributed by atoms with E-state index in [1.807, 2.05) is 25.1 Å². The van der Waals surface area contributed by atoms with Crippen LogP contribution in [0, 0.1) is 0 Å². The first-order valence-corrected chi connectivity index (χ1v) is 16.2. The number of fused-ring (bicyclic) bond motifs is 1. The van der Waals surface area contributed by atoms with Crippen molar-refractivity contribution in [1.82, 2.24) is 19.8 Å². The number of allylic oxidation sites excluding steroid dienone is 6. The van der Waals surface area contributed by atoms with E-state index in [0.717, 1.165) is 62.5 Å². The third kappa shape index (κ3) is 8.16. The third-order valence-corrected chi connectivity index (χ3v) is 8.76. The van der Waals surface area contributed by atoms with E-state index in [2.05, 4.69) is 47.9 Å². The number of nitrogens with one attached hydrogen (secondary N) is 1. The standard InChI is InChI=1S/C35H52F2N6O/c1-8-25(23-38-5)27-24-43(34-28(36)13-14-29(39-6)32(34)37)30-15-16-31(40-33(27)30)41(7)26-17-20-42(21-18-26)19-11-9-10-12-22-44-35(2,3)4/h8,15-16,23-24,26,39H,9-14,17-22H2,1-7H3/b25-8+,38-23?. The lowest BCUT2D eigenvalue weighted by atomic mass is 10.0. The van der Waals surface area contributed by atoms with E-state index < -0.39 is 11.7 Å². The Kier molecular flexibility index (Phi) is 11.8. The number of hydrogen-bond acceptors (Lipinski definition) is 6. The van der Waals surface area contributed by atoms with Crippen molar-refractivity contribution in [3.05, 3.63) is 47.3 Å². The molecule has 242 valence electrons. The highest BCUT2D eigenvalue weighted by Crippen LogP contribution is 2.38. The molecule has 1 aliphatic heterocycles. The van der Waals surface area contributed by atoms with Gasteiger partial charge in [0.25, 0.3) is 0 Å². The van der Waals surface area contributed by atoms with Crippen molar-refractivity contribution >= 4 is 34.3 Å². The van der Waals surface area contributed by atoms with Gasteiger partial charge in [-0.05, 0) is 84.0 Å². The van der Waals surface area contributed by atoms with Gasteiger partial charge in [-0.15, -0.1) is 0 Å². The maximum absolute atomic E-state index is 15.5. The first-order chi connectivity index (χ1) is 21.1. The zero-order valence-corrected chi connectivity index (χ0v) is 27.8. The number of rotatable bonds is 13. The van der Waals surface area contributed by atoms with E-state index in [4.69, 9.17) is 9.72 Å². The quantitative estimate of drug-likeness (QED) is 0.186. The summed E-state index contributed by atoms with van der Waals surface area (Å²) in [7, 11) is 5.50. The van der Waals surface area contributed by atoms with E-state index in [1.165, 1.54) is 19.3 Å². The number of aromatic nitrogens is 2. The largest absolute Gasteiger partial charge is 0.389 e. The minimum atomic E-state index is -0.562. The summed E-state index contributed by atoms with van der Waals surface area (Å²) in [5.41, 5.74) is 3.34. The van der Waals surface area contributed by atoms with Crippen LogP contribution in [0.25, 0.3) is 22.3 Å². The third-order valence-electron chi connectivity index (χ3n) is 8.76. The number of halogens is 2. The van der Waals surface area contributed by atoms with E-state index >= 15 is 8.78 Å². The number of anilines is 1. The molecule has 7 nitrogen and oxygen atoms in total. The zero-order chi connectivity index (χ0) is 31.9. The van der Waals surface area contributed by atoms with Crippen LogP contribution in [0.3, 0.4) is 0 Å². The Morgan fingerprint density at radius 1 is 1.14 bits per heavy atom. The monoisotopic (exact) mass is 610 g/mol. The minimum absolute atomic E-state index is 0.0470. The summed E-state index contributed by atoms with van der Waals surface area (Å²) < 4.78 is 38.2. The van der Waals surface area contributed by atoms with Crippen molar-refractivity contribution in [1.29, 1.82) is 0 Å². The Balaban J connectivity index is 1.46. The van der Waals surface area contributed by atoms with Crippen LogP contribution in [-0.2, 0) is 4.74 Å². The number of hydrogen-bond donors (Lipinski definition) is 1. The van der Waals surface area contributed by atoms with Gasteiger partial charge >= 0.3 is 0 Å². The Bertz CT molecular complexity index is 1390. The van der Waals surface area contributed by atoms with Crippen LogP contribution in [-0.4, -0.2) is 79.7 Å². The number of piperidine rings is 1. The highest BCUT2D eigenvalue weighted by atomic mass is 19.1. The van der Waals surface area contributed by atoms with Gasteiger partial charge in [0, 0.05) is 77.0 Å². The molecule has 0 bridgehead atoms. The Morgan fingerprint density at radius 3 is 2.52 bits per heavy atom. The molecule has 0 saturated carbocycles. The van der Waals surface area contributed by atoms with Gasteiger partial charge in [0.1, 0.15) is 17.3 Å². The number of likely N-dealkylation sites (tertiary alicyclic amines) is 1. The summed E-state index contributed by atoms with van der Waals surface area (Å²) in [6, 6.07) is 4.30. The summed E-state index contributed by atoms with van der Waals surface area (Å²) in [5, 5.41) is 2.90. The number of aliphatic imine (C=N–C) groups is 1. The van der Waals surface area contributed by atoms with Crippen LogP contribution in [0.2, 0.25) is 0 Å². The minimum Gasteiger partial charge on any atom is -0.389 e. The molecule has 1 fully saturated rings. The van der Waals surface area contributed by atoms with Gasteiger partial charge in [0.05, 0.1) is 16.6 Å². The summed E-state index contributed by atoms with van der Waals surface area (Å²) >= 11 is 0. The predicted octanol–water partition coefficient (Wildman–Crippen LogP) is 7.75. The van der Waals surface area contributed by atoms with Gasteiger partial charge in [-0.25, -0.2) is 13.8 Å². The Morgan fingerprint density at radius 2 is 1.86 bits per heavy atom. The van der Waals surface area contributed by atoms with Crippen molar-refractivity contribution < 1.29 is 13.5 Å². The van der Waals surface area contributed by atoms with Gasteiger partial charge in [-0.2, -0.15) is 0 Å². The lowest BCUT2D eigenvalue weighted by Crippen LogP contribution is -2.44. The fraction of sp³-hybridized carbons (Fsp3) is 0.600. The highest BCUT2D eigenvalue weighted by molar-refractivity contribution is 6.14. The molecule has 44 heavy (non-hydrogen) atoms. The van der Waals surface area contributed by atoms with Crippen molar-refractivity contribution in [3.8, 4) is 0 Å². The van der Waals surface area contributed by atoms with Crippen LogP contribution in [0.5, 0.6) is 0 Å². The molecule has 2 aromatic rings. The average Bonchev–Trinajstić information content (AvgIpc) is 3.37. The molecule has 1 N–H and O–H groups in total. The molecule has 0 amide bonds. The van der Waals surface area contributed by atoms with Crippen LogP contribution in [0.1, 0.15) is 84.6 Å². The topological polar surface area (TPSA) is 57.9 Å². The second-order valence-electron chi connectivity index (χ2n) is 12.9. The fourth-order valence-electron chi connectivity index (χ4n) is 6.21. The molecular weight excluding hydrogens is 558 g/mol. The lowest BCUT2D eigenvalue weighted by molar-refractivity contribution is -0.00479. The molecule has 1 saturated heterocycles. The van der Waals surface area contributed by atoms with Gasteiger partial charge in [0.2, 0.25) is 0 Å². The van der Waals surface area contributed by atoms with E-state index in [0.29, 0.717) is 29.2 Å². The smallest absolute Gasteiger partial charge is 0.168 e. The zero-order valence-electron chi connectivity index (χ0n) is 27.8. The molecule has 1 aliphatic carbocycles. The fourth-order valence-corrected chi connectivity index (χ4v) is 6.21. The summed E-state index contributed by atoms with van der Waals surface area (Å²) in [6.45, 7) is 12.4. The number of unbranched alkanes of at least 4 members (excludes halogenated alkanes) is 3. The normalized spacial score (nSPS) is 17.9. The van der Waals surface area contributed by atoms with Crippen molar-refractivity contribution in [2.75, 3.05) is 52.3 Å². The van der Waals surface area contributed by atoms with Crippen LogP contribution < -0.4 is 10.2 Å². The van der Waals surface area contributed by atoms with Crippen molar-refractivity contribution in [3.63, 3.8) is 0 Å². The average molecular weight is 611 g/mol. The lowest BCUT2D eigenvalue weighted by Gasteiger charge is -2.37. The van der Waals surface area contributed by atoms with Gasteiger partial charge < -0.3 is 24.4 Å². The molecule has 4 rings (SSSR count). The second-order valence-corrected chi connectivity index (χ2v) is 12.9. The van der Waals surface area contributed by atoms with Crippen molar-refractivity contribution in [2.24, 2.45) is 4.99 Å². The molecule has 2 aliphatic rings. The summed E-state index contributed by atoms with van der Waals surface area (Å²) in [6.07, 6.45) is 12.9. The number of pyridine rings is 1.